The Bertz CT molecular complexity index is 1270. The summed E-state index contributed by atoms with van der Waals surface area (Å²) >= 11 is 1.41. The van der Waals surface area contributed by atoms with Crippen LogP contribution in [0.4, 0.5) is 5.13 Å². The van der Waals surface area contributed by atoms with E-state index in [-0.39, 0.29) is 30.5 Å². The molecule has 34 heavy (non-hydrogen) atoms. The lowest BCUT2D eigenvalue weighted by atomic mass is 10.1. The van der Waals surface area contributed by atoms with Gasteiger partial charge in [0.25, 0.3) is 5.91 Å². The summed E-state index contributed by atoms with van der Waals surface area (Å²) in [5.41, 5.74) is 0.936. The van der Waals surface area contributed by atoms with E-state index in [9.17, 15) is 4.79 Å². The number of carbonyl (C=O) groups excluding carboxylic acids is 1. The third kappa shape index (κ3) is 5.47. The van der Waals surface area contributed by atoms with Gasteiger partial charge in [0, 0.05) is 25.0 Å². The predicted molar refractivity (Wildman–Crippen MR) is 132 cm³/mol. The van der Waals surface area contributed by atoms with Crippen molar-refractivity contribution in [3.05, 3.63) is 77.2 Å². The Morgan fingerprint density at radius 3 is 2.74 bits per heavy atom. The highest BCUT2D eigenvalue weighted by Gasteiger charge is 2.23. The van der Waals surface area contributed by atoms with Crippen LogP contribution in [0.5, 0.6) is 5.75 Å². The lowest BCUT2D eigenvalue weighted by Crippen LogP contribution is -2.44. The number of furan rings is 1. The van der Waals surface area contributed by atoms with Gasteiger partial charge in [0.2, 0.25) is 0 Å². The highest BCUT2D eigenvalue weighted by molar-refractivity contribution is 7.13. The molecule has 1 aliphatic rings. The van der Waals surface area contributed by atoms with Gasteiger partial charge in [-0.15, -0.1) is 11.3 Å². The van der Waals surface area contributed by atoms with Crippen LogP contribution in [0.3, 0.4) is 0 Å². The Kier molecular flexibility index (Phi) is 6.62. The van der Waals surface area contributed by atoms with Crippen LogP contribution in [0, 0.1) is 0 Å². The highest BCUT2D eigenvalue weighted by Crippen LogP contribution is 2.23. The fourth-order valence-electron chi connectivity index (χ4n) is 4.23. The lowest BCUT2D eigenvalue weighted by molar-refractivity contribution is -0.0707. The molecule has 0 spiro atoms. The van der Waals surface area contributed by atoms with E-state index in [0.29, 0.717) is 10.9 Å². The topological polar surface area (TPSA) is 76.8 Å². The van der Waals surface area contributed by atoms with Crippen molar-refractivity contribution < 1.29 is 18.7 Å². The van der Waals surface area contributed by atoms with Gasteiger partial charge in [-0.25, -0.2) is 4.98 Å². The molecule has 3 heterocycles. The van der Waals surface area contributed by atoms with Gasteiger partial charge < -0.3 is 13.9 Å². The first-order valence-corrected chi connectivity index (χ1v) is 12.2. The minimum atomic E-state index is -0.327. The third-order valence-electron chi connectivity index (χ3n) is 5.64. The molecule has 7 nitrogen and oxygen atoms in total. The maximum atomic E-state index is 12.6. The first-order valence-electron chi connectivity index (χ1n) is 11.4. The maximum Gasteiger partial charge on any atom is 0.293 e. The van der Waals surface area contributed by atoms with E-state index in [1.165, 1.54) is 11.3 Å². The van der Waals surface area contributed by atoms with Crippen molar-refractivity contribution in [2.75, 3.05) is 18.4 Å². The maximum absolute atomic E-state index is 12.6. The fourth-order valence-corrected chi connectivity index (χ4v) is 4.92. The van der Waals surface area contributed by atoms with Gasteiger partial charge >= 0.3 is 0 Å². The zero-order chi connectivity index (χ0) is 23.5. The van der Waals surface area contributed by atoms with E-state index in [0.717, 1.165) is 41.9 Å². The third-order valence-corrected chi connectivity index (χ3v) is 6.45. The van der Waals surface area contributed by atoms with E-state index >= 15 is 0 Å². The number of fused-ring (bicyclic) bond motifs is 1. The summed E-state index contributed by atoms with van der Waals surface area (Å²) in [7, 11) is 0. The number of morpholine rings is 1. The van der Waals surface area contributed by atoms with Gasteiger partial charge in [-0.1, -0.05) is 30.3 Å². The van der Waals surface area contributed by atoms with Crippen molar-refractivity contribution in [3.8, 4) is 5.75 Å². The minimum absolute atomic E-state index is 0.208. The SMILES string of the molecule is CC1CN(Cc2csc(NC(=O)c3ccc(COc4ccc5ccccc5c4)o3)n2)CC(C)O1. The lowest BCUT2D eigenvalue weighted by Gasteiger charge is -2.34. The van der Waals surface area contributed by atoms with Crippen molar-refractivity contribution >= 4 is 33.1 Å². The summed E-state index contributed by atoms with van der Waals surface area (Å²) in [5.74, 6) is 1.23. The number of thiazole rings is 1. The number of amides is 1. The molecule has 0 aliphatic carbocycles. The predicted octanol–water partition coefficient (Wildman–Crippen LogP) is 5.33. The number of hydrogen-bond acceptors (Lipinski definition) is 7. The second-order valence-electron chi connectivity index (χ2n) is 8.61. The molecule has 176 valence electrons. The second-order valence-corrected chi connectivity index (χ2v) is 9.47. The molecule has 4 aromatic rings. The van der Waals surface area contributed by atoms with E-state index in [1.807, 2.05) is 41.8 Å². The average Bonchev–Trinajstić information content (AvgIpc) is 3.46. The number of ether oxygens (including phenoxy) is 2. The number of carbonyl (C=O) groups is 1. The number of benzene rings is 2. The Balaban J connectivity index is 1.15. The Labute approximate surface area is 202 Å². The quantitative estimate of drug-likeness (QED) is 0.388. The number of nitrogens with zero attached hydrogens (tertiary/aromatic N) is 2. The van der Waals surface area contributed by atoms with E-state index in [1.54, 1.807) is 12.1 Å². The molecule has 0 bridgehead atoms. The number of anilines is 1. The number of rotatable bonds is 7. The number of nitrogens with one attached hydrogen (secondary N) is 1. The second kappa shape index (κ2) is 9.97. The molecule has 2 aromatic heterocycles. The monoisotopic (exact) mass is 477 g/mol. The van der Waals surface area contributed by atoms with Crippen molar-refractivity contribution in [3.63, 3.8) is 0 Å². The first-order chi connectivity index (χ1) is 16.5. The minimum Gasteiger partial charge on any atom is -0.486 e. The van der Waals surface area contributed by atoms with Crippen LogP contribution in [0.1, 0.15) is 35.9 Å². The molecule has 2 unspecified atom stereocenters. The number of hydrogen-bond donors (Lipinski definition) is 1. The summed E-state index contributed by atoms with van der Waals surface area (Å²) in [6, 6.07) is 17.5. The van der Waals surface area contributed by atoms with Crippen molar-refractivity contribution in [1.29, 1.82) is 0 Å². The van der Waals surface area contributed by atoms with Gasteiger partial charge in [-0.2, -0.15) is 0 Å². The molecule has 1 amide bonds. The van der Waals surface area contributed by atoms with Crippen LogP contribution >= 0.6 is 11.3 Å². The average molecular weight is 478 g/mol. The van der Waals surface area contributed by atoms with Crippen LogP contribution in [-0.2, 0) is 17.9 Å². The van der Waals surface area contributed by atoms with Crippen LogP contribution < -0.4 is 10.1 Å². The van der Waals surface area contributed by atoms with Gasteiger partial charge in [0.1, 0.15) is 18.1 Å². The van der Waals surface area contributed by atoms with Crippen LogP contribution in [-0.4, -0.2) is 41.1 Å². The van der Waals surface area contributed by atoms with E-state index in [4.69, 9.17) is 13.9 Å². The van der Waals surface area contributed by atoms with Crippen LogP contribution in [0.2, 0.25) is 0 Å². The molecule has 1 aliphatic heterocycles. The first kappa shape index (κ1) is 22.6. The van der Waals surface area contributed by atoms with Crippen molar-refractivity contribution in [2.24, 2.45) is 0 Å². The summed E-state index contributed by atoms with van der Waals surface area (Å²) in [6.45, 7) is 6.89. The van der Waals surface area contributed by atoms with Gasteiger partial charge in [-0.3, -0.25) is 15.0 Å². The molecule has 1 saturated heterocycles. The summed E-state index contributed by atoms with van der Waals surface area (Å²) in [5, 5.41) is 7.63. The molecule has 2 atom stereocenters. The van der Waals surface area contributed by atoms with Crippen molar-refractivity contribution in [2.45, 2.75) is 39.2 Å². The highest BCUT2D eigenvalue weighted by atomic mass is 32.1. The molecule has 0 radical (unpaired) electrons. The normalized spacial score (nSPS) is 18.8. The molecule has 0 saturated carbocycles. The molecule has 1 N–H and O–H groups in total. The zero-order valence-corrected chi connectivity index (χ0v) is 20.0. The number of aromatic nitrogens is 1. The van der Waals surface area contributed by atoms with Gasteiger partial charge in [-0.05, 0) is 48.9 Å². The zero-order valence-electron chi connectivity index (χ0n) is 19.2. The molecule has 1 fully saturated rings. The Morgan fingerprint density at radius 1 is 1.12 bits per heavy atom. The summed E-state index contributed by atoms with van der Waals surface area (Å²) < 4.78 is 17.3. The van der Waals surface area contributed by atoms with Crippen molar-refractivity contribution in [1.82, 2.24) is 9.88 Å². The van der Waals surface area contributed by atoms with E-state index < -0.39 is 0 Å². The molecule has 2 aromatic carbocycles. The smallest absolute Gasteiger partial charge is 0.293 e. The molecule has 8 heteroatoms. The standard InChI is InChI=1S/C26H27N3O4S/c1-17-12-29(13-18(2)32-17)14-21-16-34-26(27-21)28-25(30)24-10-9-23(33-24)15-31-22-8-7-19-5-3-4-6-20(19)11-22/h3-11,16-18H,12-15H2,1-2H3,(H,27,28,30). The van der Waals surface area contributed by atoms with E-state index in [2.05, 4.69) is 35.1 Å². The van der Waals surface area contributed by atoms with Gasteiger partial charge in [0.15, 0.2) is 10.9 Å². The summed E-state index contributed by atoms with van der Waals surface area (Å²) in [6.07, 6.45) is 0.417. The molecule has 5 rings (SSSR count). The summed E-state index contributed by atoms with van der Waals surface area (Å²) in [4.78, 5) is 19.5. The Morgan fingerprint density at radius 2 is 1.91 bits per heavy atom. The van der Waals surface area contributed by atoms with Gasteiger partial charge in [0.05, 0.1) is 17.9 Å². The molecular formula is C26H27N3O4S. The Hall–Kier alpha value is -3.20. The largest absolute Gasteiger partial charge is 0.486 e. The fraction of sp³-hybridized carbons (Fsp3) is 0.308. The van der Waals surface area contributed by atoms with Crippen LogP contribution in [0.15, 0.2) is 64.4 Å². The molecular weight excluding hydrogens is 450 g/mol. The van der Waals surface area contributed by atoms with Crippen LogP contribution in [0.25, 0.3) is 10.8 Å².